The molecule has 0 atom stereocenters. The van der Waals surface area contributed by atoms with E-state index < -0.39 is 0 Å². The molecule has 2 N–H and O–H groups in total. The summed E-state index contributed by atoms with van der Waals surface area (Å²) < 4.78 is 0. The van der Waals surface area contributed by atoms with Gasteiger partial charge >= 0.3 is 0 Å². The van der Waals surface area contributed by atoms with Gasteiger partial charge in [0, 0.05) is 5.56 Å². The summed E-state index contributed by atoms with van der Waals surface area (Å²) in [5.74, 6) is 0. The number of aromatic nitrogens is 2. The molecule has 0 saturated heterocycles. The lowest BCUT2D eigenvalue weighted by Gasteiger charge is -1.83. The first-order chi connectivity index (χ1) is 3.84. The third-order valence-electron chi connectivity index (χ3n) is 0.835. The highest BCUT2D eigenvalue weighted by molar-refractivity contribution is 6.30. The van der Waals surface area contributed by atoms with Gasteiger partial charge in [0.25, 0.3) is 0 Å². The molecule has 44 valence electrons. The minimum absolute atomic E-state index is 0.0602. The van der Waals surface area contributed by atoms with Crippen molar-refractivity contribution in [1.82, 2.24) is 10.2 Å². The Morgan fingerprint density at radius 3 is 2.88 bits per heavy atom. The molecule has 4 heteroatoms. The third-order valence-corrected chi connectivity index (χ3v) is 1.16. The van der Waals surface area contributed by atoms with E-state index in [1.165, 1.54) is 6.20 Å². The molecule has 0 aliphatic heterocycles. The maximum atomic E-state index is 8.46. The number of rotatable bonds is 1. The average molecular weight is 133 g/mol. The van der Waals surface area contributed by atoms with E-state index >= 15 is 0 Å². The molecule has 1 aromatic rings. The molecule has 1 aromatic heterocycles. The number of aliphatic hydroxyl groups excluding tert-OH is 1. The minimum Gasteiger partial charge on any atom is -0.392 e. The molecule has 0 aliphatic rings. The molecule has 0 spiro atoms. The lowest BCUT2D eigenvalue weighted by molar-refractivity contribution is 0.282. The second kappa shape index (κ2) is 2.15. The van der Waals surface area contributed by atoms with Crippen molar-refractivity contribution in [3.63, 3.8) is 0 Å². The van der Waals surface area contributed by atoms with E-state index in [2.05, 4.69) is 10.2 Å². The summed E-state index contributed by atoms with van der Waals surface area (Å²) in [5, 5.41) is 14.9. The molecule has 0 saturated carbocycles. The van der Waals surface area contributed by atoms with Gasteiger partial charge in [0.1, 0.15) is 5.15 Å². The number of aliphatic hydroxyl groups is 1. The van der Waals surface area contributed by atoms with Crippen molar-refractivity contribution >= 4 is 11.6 Å². The standard InChI is InChI=1S/C4H5ClN2O/c5-4-3(2-8)1-6-7-4/h1,8H,2H2,(H,6,7). The topological polar surface area (TPSA) is 48.9 Å². The van der Waals surface area contributed by atoms with Gasteiger partial charge in [-0.3, -0.25) is 5.10 Å². The van der Waals surface area contributed by atoms with Crippen molar-refractivity contribution in [1.29, 1.82) is 0 Å². The number of hydrogen-bond acceptors (Lipinski definition) is 2. The Bertz CT molecular complexity index is 174. The van der Waals surface area contributed by atoms with Crippen molar-refractivity contribution in [2.75, 3.05) is 0 Å². The van der Waals surface area contributed by atoms with Crippen LogP contribution in [0.1, 0.15) is 5.56 Å². The molecule has 3 nitrogen and oxygen atoms in total. The fourth-order valence-electron chi connectivity index (χ4n) is 0.406. The van der Waals surface area contributed by atoms with Crippen molar-refractivity contribution in [2.45, 2.75) is 6.61 Å². The Hall–Kier alpha value is -0.540. The Balaban J connectivity index is 2.92. The molecule has 0 bridgehead atoms. The highest BCUT2D eigenvalue weighted by atomic mass is 35.5. The van der Waals surface area contributed by atoms with Crippen molar-refractivity contribution in [3.05, 3.63) is 16.9 Å². The largest absolute Gasteiger partial charge is 0.392 e. The lowest BCUT2D eigenvalue weighted by Crippen LogP contribution is -1.76. The van der Waals surface area contributed by atoms with Gasteiger partial charge in [-0.2, -0.15) is 5.10 Å². The summed E-state index contributed by atoms with van der Waals surface area (Å²) in [6.45, 7) is -0.0602. The molecule has 1 rings (SSSR count). The first-order valence-electron chi connectivity index (χ1n) is 2.13. The molecule has 0 unspecified atom stereocenters. The summed E-state index contributed by atoms with van der Waals surface area (Å²) >= 11 is 5.46. The highest BCUT2D eigenvalue weighted by Crippen LogP contribution is 2.09. The summed E-state index contributed by atoms with van der Waals surface area (Å²) in [7, 11) is 0. The summed E-state index contributed by atoms with van der Waals surface area (Å²) in [4.78, 5) is 0. The summed E-state index contributed by atoms with van der Waals surface area (Å²) in [5.41, 5.74) is 0.631. The second-order valence-electron chi connectivity index (χ2n) is 1.37. The Kier molecular flexibility index (Phi) is 1.50. The maximum absolute atomic E-state index is 8.46. The van der Waals surface area contributed by atoms with Gasteiger partial charge in [-0.25, -0.2) is 0 Å². The number of nitrogens with zero attached hydrogens (tertiary/aromatic N) is 1. The lowest BCUT2D eigenvalue weighted by atomic mass is 10.4. The monoisotopic (exact) mass is 132 g/mol. The Morgan fingerprint density at radius 1 is 1.88 bits per heavy atom. The van der Waals surface area contributed by atoms with Crippen LogP contribution in [0.15, 0.2) is 6.20 Å². The second-order valence-corrected chi connectivity index (χ2v) is 1.75. The zero-order valence-corrected chi connectivity index (χ0v) is 4.81. The van der Waals surface area contributed by atoms with Gasteiger partial charge in [0.2, 0.25) is 0 Å². The predicted octanol–water partition coefficient (Wildman–Crippen LogP) is 0.555. The van der Waals surface area contributed by atoms with E-state index in [1.807, 2.05) is 0 Å². The van der Waals surface area contributed by atoms with E-state index in [0.717, 1.165) is 0 Å². The number of H-pyrrole nitrogens is 1. The molecular weight excluding hydrogens is 128 g/mol. The van der Waals surface area contributed by atoms with Crippen LogP contribution in [0.2, 0.25) is 5.15 Å². The zero-order valence-electron chi connectivity index (χ0n) is 4.06. The van der Waals surface area contributed by atoms with Gasteiger partial charge < -0.3 is 5.11 Å². The molecule has 0 aliphatic carbocycles. The molecule has 1 heterocycles. The third kappa shape index (κ3) is 0.827. The molecule has 0 amide bonds. The first kappa shape index (κ1) is 5.59. The fourth-order valence-corrected chi connectivity index (χ4v) is 0.563. The summed E-state index contributed by atoms with van der Waals surface area (Å²) in [6.07, 6.45) is 1.49. The Labute approximate surface area is 51.3 Å². The Morgan fingerprint density at radius 2 is 2.62 bits per heavy atom. The smallest absolute Gasteiger partial charge is 0.129 e. The number of nitrogens with one attached hydrogen (secondary N) is 1. The number of hydrogen-bond donors (Lipinski definition) is 2. The molecule has 0 aromatic carbocycles. The van der Waals surface area contributed by atoms with E-state index in [0.29, 0.717) is 10.7 Å². The fraction of sp³-hybridized carbons (Fsp3) is 0.250. The molecule has 8 heavy (non-hydrogen) atoms. The quantitative estimate of drug-likeness (QED) is 0.587. The highest BCUT2D eigenvalue weighted by Gasteiger charge is 1.96. The van der Waals surface area contributed by atoms with Gasteiger partial charge in [-0.15, -0.1) is 0 Å². The summed E-state index contributed by atoms with van der Waals surface area (Å²) in [6, 6.07) is 0. The van der Waals surface area contributed by atoms with Crippen LogP contribution in [0.3, 0.4) is 0 Å². The molecule has 0 radical (unpaired) electrons. The van der Waals surface area contributed by atoms with Crippen molar-refractivity contribution in [3.8, 4) is 0 Å². The van der Waals surface area contributed by atoms with Crippen LogP contribution in [-0.2, 0) is 6.61 Å². The van der Waals surface area contributed by atoms with E-state index in [4.69, 9.17) is 16.7 Å². The molecule has 0 fully saturated rings. The minimum atomic E-state index is -0.0602. The van der Waals surface area contributed by atoms with Crippen LogP contribution in [0.5, 0.6) is 0 Å². The normalized spacial score (nSPS) is 9.75. The van der Waals surface area contributed by atoms with E-state index in [1.54, 1.807) is 0 Å². The van der Waals surface area contributed by atoms with Crippen molar-refractivity contribution < 1.29 is 5.11 Å². The molecular formula is C4H5ClN2O. The van der Waals surface area contributed by atoms with Crippen LogP contribution in [0.4, 0.5) is 0 Å². The van der Waals surface area contributed by atoms with Gasteiger partial charge in [-0.05, 0) is 0 Å². The first-order valence-corrected chi connectivity index (χ1v) is 2.51. The van der Waals surface area contributed by atoms with Crippen LogP contribution in [-0.4, -0.2) is 15.3 Å². The zero-order chi connectivity index (χ0) is 5.98. The van der Waals surface area contributed by atoms with Gasteiger partial charge in [-0.1, -0.05) is 11.6 Å². The van der Waals surface area contributed by atoms with Crippen LogP contribution < -0.4 is 0 Å². The van der Waals surface area contributed by atoms with E-state index in [9.17, 15) is 0 Å². The number of halogens is 1. The predicted molar refractivity (Wildman–Crippen MR) is 29.5 cm³/mol. The SMILES string of the molecule is OCc1cn[nH]c1Cl. The average Bonchev–Trinajstić information content (AvgIpc) is 2.14. The van der Waals surface area contributed by atoms with Crippen LogP contribution in [0.25, 0.3) is 0 Å². The van der Waals surface area contributed by atoms with Crippen LogP contribution >= 0.6 is 11.6 Å². The van der Waals surface area contributed by atoms with Gasteiger partial charge in [0.15, 0.2) is 0 Å². The van der Waals surface area contributed by atoms with Crippen LogP contribution in [0, 0.1) is 0 Å². The van der Waals surface area contributed by atoms with Gasteiger partial charge in [0.05, 0.1) is 12.8 Å². The maximum Gasteiger partial charge on any atom is 0.129 e. The van der Waals surface area contributed by atoms with Crippen molar-refractivity contribution in [2.24, 2.45) is 0 Å². The number of aromatic amines is 1. The van der Waals surface area contributed by atoms with E-state index in [-0.39, 0.29) is 6.61 Å².